The van der Waals surface area contributed by atoms with Gasteiger partial charge in [0, 0.05) is 18.9 Å². The van der Waals surface area contributed by atoms with Crippen LogP contribution in [-0.4, -0.2) is 91.0 Å². The molecule has 278 valence electrons. The molecule has 1 amide bonds. The number of carbonyl (C=O) groups excluding carboxylic acids is 4. The summed E-state index contributed by atoms with van der Waals surface area (Å²) < 4.78 is 60.2. The molecule has 2 aromatic rings. The molecule has 2 aliphatic carbocycles. The van der Waals surface area contributed by atoms with E-state index in [0.717, 1.165) is 25.7 Å². The fourth-order valence-corrected chi connectivity index (χ4v) is 6.90. The quantitative estimate of drug-likeness (QED) is 0.187. The summed E-state index contributed by atoms with van der Waals surface area (Å²) >= 11 is 0. The van der Waals surface area contributed by atoms with Crippen LogP contribution >= 0.6 is 0 Å². The van der Waals surface area contributed by atoms with E-state index >= 15 is 0 Å². The van der Waals surface area contributed by atoms with E-state index in [1.54, 1.807) is 6.07 Å². The monoisotopic (exact) mass is 728 g/mol. The highest BCUT2D eigenvalue weighted by molar-refractivity contribution is 6.00. The molecule has 1 atom stereocenters. The number of hydrogen-bond acceptors (Lipinski definition) is 8. The lowest BCUT2D eigenvalue weighted by Gasteiger charge is -2.30. The number of aromatic nitrogens is 2. The van der Waals surface area contributed by atoms with E-state index in [4.69, 9.17) is 19.9 Å². The van der Waals surface area contributed by atoms with Gasteiger partial charge in [0.25, 0.3) is 0 Å². The van der Waals surface area contributed by atoms with Gasteiger partial charge in [-0.1, -0.05) is 13.8 Å². The van der Waals surface area contributed by atoms with Gasteiger partial charge in [0.2, 0.25) is 5.91 Å². The van der Waals surface area contributed by atoms with Crippen LogP contribution in [-0.2, 0) is 42.8 Å². The number of alkyl halides is 3. The van der Waals surface area contributed by atoms with Crippen LogP contribution in [0.4, 0.5) is 13.2 Å². The summed E-state index contributed by atoms with van der Waals surface area (Å²) in [5.74, 6) is -1.98. The minimum atomic E-state index is -4.80. The van der Waals surface area contributed by atoms with Crippen LogP contribution in [0, 0.1) is 11.3 Å². The van der Waals surface area contributed by atoms with Crippen LogP contribution in [0.1, 0.15) is 97.0 Å². The predicted molar refractivity (Wildman–Crippen MR) is 173 cm³/mol. The number of fused-ring (bicyclic) bond motifs is 1. The highest BCUT2D eigenvalue weighted by Crippen LogP contribution is 2.42. The first-order valence-electron chi connectivity index (χ1n) is 16.6. The molecule has 0 spiro atoms. The number of benzene rings is 1. The third-order valence-corrected chi connectivity index (χ3v) is 8.89. The van der Waals surface area contributed by atoms with Gasteiger partial charge in [-0.3, -0.25) is 19.2 Å². The van der Waals surface area contributed by atoms with Crippen LogP contribution in [0.5, 0.6) is 0 Å². The maximum atomic E-state index is 14.0. The molecule has 11 nitrogen and oxygen atoms in total. The van der Waals surface area contributed by atoms with E-state index in [1.807, 2.05) is 35.0 Å². The van der Waals surface area contributed by atoms with Crippen LogP contribution in [0.15, 0.2) is 18.2 Å². The van der Waals surface area contributed by atoms with Gasteiger partial charge < -0.3 is 36.8 Å². The lowest BCUT2D eigenvalue weighted by molar-refractivity contribution is -0.873. The minimum absolute atomic E-state index is 0. The van der Waals surface area contributed by atoms with Crippen LogP contribution in [0.2, 0.25) is 0 Å². The number of quaternary nitrogens is 1. The molecule has 1 unspecified atom stereocenters. The Bertz CT molecular complexity index is 1560. The fourth-order valence-electron chi connectivity index (χ4n) is 6.90. The summed E-state index contributed by atoms with van der Waals surface area (Å²) in [6, 6.07) is 4.68. The Labute approximate surface area is 297 Å². The summed E-state index contributed by atoms with van der Waals surface area (Å²) in [6.07, 6.45) is -1.74. The number of hydrogen-bond donors (Lipinski definition) is 1. The van der Waals surface area contributed by atoms with Crippen molar-refractivity contribution in [3.8, 4) is 5.69 Å². The first kappa shape index (κ1) is 40.9. The van der Waals surface area contributed by atoms with Crippen molar-refractivity contribution in [1.82, 2.24) is 9.78 Å². The van der Waals surface area contributed by atoms with E-state index in [1.165, 1.54) is 23.7 Å². The second-order valence-electron chi connectivity index (χ2n) is 15.1. The molecular weight excluding hydrogens is 681 g/mol. The van der Waals surface area contributed by atoms with Crippen LogP contribution < -0.4 is 18.1 Å². The van der Waals surface area contributed by atoms with Gasteiger partial charge in [-0.05, 0) is 73.6 Å². The standard InChI is InChI=1S/C35H47F3N4O7.ClH/c1-21(43)49-26(20-42(4,5)6)17-30(45)48-14-13-47-25-10-7-22(8-11-25)15-23-16-24(9-12-27(23)33(39)46)41-28-18-34(2,3)19-29(44)31(28)32(40-41)35(36,37)38;/h9,12,16,22,25-26H,7-8,10-11,13-15,17-20H2,1-6H3,(H-,39,46);1H. The zero-order valence-electron chi connectivity index (χ0n) is 29.5. The largest absolute Gasteiger partial charge is 1.00 e. The van der Waals surface area contributed by atoms with E-state index in [2.05, 4.69) is 5.10 Å². The smallest absolute Gasteiger partial charge is 0.435 e. The Morgan fingerprint density at radius 2 is 1.74 bits per heavy atom. The highest BCUT2D eigenvalue weighted by atomic mass is 35.5. The van der Waals surface area contributed by atoms with Crippen molar-refractivity contribution >= 4 is 23.6 Å². The summed E-state index contributed by atoms with van der Waals surface area (Å²) in [4.78, 5) is 49.0. The van der Waals surface area contributed by atoms with Gasteiger partial charge in [0.15, 0.2) is 17.6 Å². The lowest BCUT2D eigenvalue weighted by Crippen LogP contribution is -3.00. The average molecular weight is 729 g/mol. The van der Waals surface area contributed by atoms with Gasteiger partial charge in [0.1, 0.15) is 13.2 Å². The second-order valence-corrected chi connectivity index (χ2v) is 15.1. The molecule has 15 heteroatoms. The lowest BCUT2D eigenvalue weighted by atomic mass is 9.75. The topological polar surface area (TPSA) is 140 Å². The van der Waals surface area contributed by atoms with Gasteiger partial charge in [-0.25, -0.2) is 4.68 Å². The molecule has 0 bridgehead atoms. The first-order chi connectivity index (χ1) is 22.7. The van der Waals surface area contributed by atoms with E-state index < -0.39 is 47.0 Å². The maximum absolute atomic E-state index is 14.0. The number of Topliss-reactive ketones (excluding diaryl/α,β-unsaturated/α-hetero) is 1. The Morgan fingerprint density at radius 1 is 1.08 bits per heavy atom. The Balaban J connectivity index is 0.00000676. The number of primary amides is 1. The number of nitrogens with zero attached hydrogens (tertiary/aromatic N) is 3. The number of halogens is 4. The molecule has 0 aliphatic heterocycles. The van der Waals surface area contributed by atoms with Crippen molar-refractivity contribution in [1.29, 1.82) is 0 Å². The van der Waals surface area contributed by atoms with E-state index in [0.29, 0.717) is 28.7 Å². The molecule has 50 heavy (non-hydrogen) atoms. The number of likely N-dealkylation sites (N-methyl/N-ethyl adjacent to an activating group) is 1. The highest BCUT2D eigenvalue weighted by Gasteiger charge is 2.45. The summed E-state index contributed by atoms with van der Waals surface area (Å²) in [5, 5.41) is 3.89. The van der Waals surface area contributed by atoms with Gasteiger partial charge >= 0.3 is 18.1 Å². The number of carbonyl (C=O) groups is 4. The molecule has 0 saturated heterocycles. The van der Waals surface area contributed by atoms with Crippen molar-refractivity contribution in [2.24, 2.45) is 17.1 Å². The Kier molecular flexibility index (Phi) is 13.3. The Morgan fingerprint density at radius 3 is 2.32 bits per heavy atom. The van der Waals surface area contributed by atoms with Gasteiger partial charge in [-0.2, -0.15) is 18.3 Å². The molecule has 1 saturated carbocycles. The number of amides is 1. The van der Waals surface area contributed by atoms with Crippen LogP contribution in [0.3, 0.4) is 0 Å². The van der Waals surface area contributed by atoms with Crippen molar-refractivity contribution in [2.75, 3.05) is 40.9 Å². The summed E-state index contributed by atoms with van der Waals surface area (Å²) in [6.45, 7) is 5.73. The molecule has 4 rings (SSSR count). The molecule has 2 aliphatic rings. The second kappa shape index (κ2) is 16.2. The third-order valence-electron chi connectivity index (χ3n) is 8.89. The van der Waals surface area contributed by atoms with Crippen molar-refractivity contribution in [3.63, 3.8) is 0 Å². The number of esters is 2. The number of ether oxygens (including phenoxy) is 3. The Hall–Kier alpha value is -3.49. The molecule has 2 N–H and O–H groups in total. The first-order valence-corrected chi connectivity index (χ1v) is 16.6. The molecule has 1 aromatic carbocycles. The zero-order valence-corrected chi connectivity index (χ0v) is 30.3. The minimum Gasteiger partial charge on any atom is -1.00 e. The average Bonchev–Trinajstić information content (AvgIpc) is 3.34. The fraction of sp³-hybridized carbons (Fsp3) is 0.629. The molecular formula is C35H48ClF3N4O7. The molecule has 0 radical (unpaired) electrons. The van der Waals surface area contributed by atoms with Crippen molar-refractivity contribution in [3.05, 3.63) is 46.3 Å². The van der Waals surface area contributed by atoms with Gasteiger partial charge in [0.05, 0.1) is 57.2 Å². The van der Waals surface area contributed by atoms with Crippen molar-refractivity contribution in [2.45, 2.75) is 90.5 Å². The maximum Gasteiger partial charge on any atom is 0.435 e. The molecule has 1 aromatic heterocycles. The van der Waals surface area contributed by atoms with E-state index in [-0.39, 0.29) is 73.7 Å². The normalized spacial score (nSPS) is 19.6. The number of nitrogens with two attached hydrogens (primary N) is 1. The summed E-state index contributed by atoms with van der Waals surface area (Å²) in [7, 11) is 5.81. The van der Waals surface area contributed by atoms with E-state index in [9.17, 15) is 32.3 Å². The van der Waals surface area contributed by atoms with Gasteiger partial charge in [-0.15, -0.1) is 0 Å². The summed E-state index contributed by atoms with van der Waals surface area (Å²) in [5.41, 5.74) is 5.01. The van der Waals surface area contributed by atoms with Crippen molar-refractivity contribution < 1.29 is 63.5 Å². The number of ketones is 1. The third kappa shape index (κ3) is 11.0. The predicted octanol–water partition coefficient (Wildman–Crippen LogP) is 1.84. The number of rotatable bonds is 13. The van der Waals surface area contributed by atoms with Crippen LogP contribution in [0.25, 0.3) is 5.69 Å². The zero-order chi connectivity index (χ0) is 36.3. The molecule has 1 heterocycles. The molecule has 1 fully saturated rings. The SMILES string of the molecule is CC(=O)OC(CC(=O)OCCOC1CCC(Cc2cc(-n3nc(C(F)(F)F)c4c3CC(C)(C)CC4=O)ccc2C(N)=O)CC1)C[N+](C)(C)C.[Cl-].